The zero-order chi connectivity index (χ0) is 20.1. The lowest BCUT2D eigenvalue weighted by Gasteiger charge is -2.30. The van der Waals surface area contributed by atoms with Gasteiger partial charge in [-0.15, -0.1) is 0 Å². The second kappa shape index (κ2) is 8.68. The Kier molecular flexibility index (Phi) is 6.28. The predicted octanol–water partition coefficient (Wildman–Crippen LogP) is 2.56. The Hall–Kier alpha value is -2.49. The molecule has 1 heterocycles. The number of ether oxygens (including phenoxy) is 1. The van der Waals surface area contributed by atoms with Crippen LogP contribution in [0.4, 0.5) is 0 Å². The highest BCUT2D eigenvalue weighted by Crippen LogP contribution is 2.32. The molecular formula is C19H23N3O5S. The van der Waals surface area contributed by atoms with Gasteiger partial charge in [0.05, 0.1) is 4.90 Å². The topological polar surface area (TPSA) is 109 Å². The zero-order valence-corrected chi connectivity index (χ0v) is 16.3. The molecule has 1 atom stereocenters. The molecule has 28 heavy (non-hydrogen) atoms. The number of benzene rings is 1. The number of amides is 1. The summed E-state index contributed by atoms with van der Waals surface area (Å²) < 4.78 is 32.8. The fourth-order valence-electron chi connectivity index (χ4n) is 3.55. The van der Waals surface area contributed by atoms with Gasteiger partial charge in [0.25, 0.3) is 5.91 Å². The summed E-state index contributed by atoms with van der Waals surface area (Å²) in [5.41, 5.74) is 1.61. The fourth-order valence-corrected chi connectivity index (χ4v) is 4.93. The summed E-state index contributed by atoms with van der Waals surface area (Å²) in [4.78, 5) is 16.1. The third-order valence-electron chi connectivity index (χ3n) is 5.00. The van der Waals surface area contributed by atoms with Crippen molar-refractivity contribution < 1.29 is 23.2 Å². The molecule has 1 amide bonds. The number of pyridine rings is 1. The van der Waals surface area contributed by atoms with Gasteiger partial charge in [-0.05, 0) is 55.2 Å². The first kappa shape index (κ1) is 20.2. The highest BCUT2D eigenvalue weighted by molar-refractivity contribution is 7.89. The van der Waals surface area contributed by atoms with Gasteiger partial charge in [0.15, 0.2) is 0 Å². The molecule has 1 fully saturated rings. The smallest absolute Gasteiger partial charge is 0.262 e. The molecule has 1 aromatic heterocycles. The van der Waals surface area contributed by atoms with Crippen molar-refractivity contribution in [3.8, 4) is 11.5 Å². The summed E-state index contributed by atoms with van der Waals surface area (Å²) >= 11 is 0. The number of sulfonamides is 1. The van der Waals surface area contributed by atoms with E-state index in [9.17, 15) is 13.2 Å². The number of hydroxylamine groups is 1. The molecule has 0 saturated heterocycles. The average molecular weight is 405 g/mol. The van der Waals surface area contributed by atoms with E-state index < -0.39 is 22.0 Å². The number of carbonyl (C=O) groups excluding carboxylic acids is 1. The van der Waals surface area contributed by atoms with E-state index in [2.05, 4.69) is 4.98 Å². The Morgan fingerprint density at radius 1 is 1.14 bits per heavy atom. The number of nitrogens with zero attached hydrogens (tertiary/aromatic N) is 2. The van der Waals surface area contributed by atoms with Crippen molar-refractivity contribution >= 4 is 15.9 Å². The number of nitrogens with one attached hydrogen (secondary N) is 1. The Labute approximate surface area is 164 Å². The van der Waals surface area contributed by atoms with Crippen molar-refractivity contribution in [1.29, 1.82) is 0 Å². The molecule has 8 nitrogen and oxygen atoms in total. The largest absolute Gasteiger partial charge is 0.457 e. The maximum absolute atomic E-state index is 13.0. The van der Waals surface area contributed by atoms with Gasteiger partial charge >= 0.3 is 0 Å². The van der Waals surface area contributed by atoms with Crippen LogP contribution in [-0.4, -0.2) is 41.9 Å². The molecule has 0 aliphatic heterocycles. The van der Waals surface area contributed by atoms with E-state index >= 15 is 0 Å². The lowest BCUT2D eigenvalue weighted by molar-refractivity contribution is -0.134. The molecule has 0 spiro atoms. The van der Waals surface area contributed by atoms with Gasteiger partial charge in [0.2, 0.25) is 10.0 Å². The van der Waals surface area contributed by atoms with Crippen LogP contribution < -0.4 is 10.2 Å². The molecule has 1 aliphatic carbocycles. The second-order valence-electron chi connectivity index (χ2n) is 6.74. The molecule has 2 aromatic rings. The number of hydrogen-bond acceptors (Lipinski definition) is 6. The van der Waals surface area contributed by atoms with E-state index in [0.717, 1.165) is 30.0 Å². The molecule has 0 unspecified atom stereocenters. The maximum atomic E-state index is 13.0. The predicted molar refractivity (Wildman–Crippen MR) is 101 cm³/mol. The lowest BCUT2D eigenvalue weighted by atomic mass is 9.98. The third-order valence-corrected chi connectivity index (χ3v) is 6.86. The minimum Gasteiger partial charge on any atom is -0.457 e. The van der Waals surface area contributed by atoms with Crippen LogP contribution in [-0.2, 0) is 14.8 Å². The summed E-state index contributed by atoms with van der Waals surface area (Å²) in [7, 11) is -2.55. The molecule has 0 radical (unpaired) electrons. The molecule has 1 aliphatic rings. The van der Waals surface area contributed by atoms with Crippen molar-refractivity contribution in [2.75, 3.05) is 7.05 Å². The van der Waals surface area contributed by atoms with Crippen molar-refractivity contribution in [3.05, 3.63) is 48.8 Å². The van der Waals surface area contributed by atoms with Crippen molar-refractivity contribution in [3.63, 3.8) is 0 Å². The van der Waals surface area contributed by atoms with E-state index in [0.29, 0.717) is 11.5 Å². The quantitative estimate of drug-likeness (QED) is 0.541. The number of hydrogen-bond donors (Lipinski definition) is 2. The van der Waals surface area contributed by atoms with E-state index in [1.165, 1.54) is 19.2 Å². The molecule has 1 aromatic carbocycles. The number of aromatic nitrogens is 1. The van der Waals surface area contributed by atoms with Crippen LogP contribution in [0.2, 0.25) is 0 Å². The summed E-state index contributed by atoms with van der Waals surface area (Å²) in [6.45, 7) is 0. The second-order valence-corrected chi connectivity index (χ2v) is 8.74. The minimum atomic E-state index is -3.92. The van der Waals surface area contributed by atoms with Gasteiger partial charge in [-0.1, -0.05) is 12.8 Å². The van der Waals surface area contributed by atoms with Crippen LogP contribution in [0, 0.1) is 5.92 Å². The zero-order valence-electron chi connectivity index (χ0n) is 15.5. The number of rotatable bonds is 7. The fraction of sp³-hybridized carbons (Fsp3) is 0.368. The van der Waals surface area contributed by atoms with E-state index in [-0.39, 0.29) is 10.8 Å². The summed E-state index contributed by atoms with van der Waals surface area (Å²) in [6, 6.07) is 8.41. The number of carbonyl (C=O) groups is 1. The van der Waals surface area contributed by atoms with Crippen molar-refractivity contribution in [2.45, 2.75) is 36.6 Å². The summed E-state index contributed by atoms with van der Waals surface area (Å²) in [5.74, 6) is 0.230. The van der Waals surface area contributed by atoms with Gasteiger partial charge in [-0.3, -0.25) is 15.0 Å². The van der Waals surface area contributed by atoms with Crippen LogP contribution >= 0.6 is 0 Å². The van der Waals surface area contributed by atoms with E-state index in [1.807, 2.05) is 0 Å². The lowest BCUT2D eigenvalue weighted by Crippen LogP contribution is -2.50. The highest BCUT2D eigenvalue weighted by Gasteiger charge is 2.39. The first-order valence-electron chi connectivity index (χ1n) is 9.03. The Bertz CT molecular complexity index is 897. The molecular weight excluding hydrogens is 382 g/mol. The van der Waals surface area contributed by atoms with E-state index in [4.69, 9.17) is 9.94 Å². The van der Waals surface area contributed by atoms with Crippen molar-refractivity contribution in [2.24, 2.45) is 5.92 Å². The standard InChI is InChI=1S/C19H23N3O5S/c1-22(18(19(23)21-24)14-4-2-3-5-14)28(25,26)17-8-6-15(7-9-17)27-16-10-12-20-13-11-16/h6-14,18,24H,2-5H2,1H3,(H,21,23)/t18-/m1/s1. The monoisotopic (exact) mass is 405 g/mol. The summed E-state index contributed by atoms with van der Waals surface area (Å²) in [6.07, 6.45) is 6.56. The van der Waals surface area contributed by atoms with Crippen LogP contribution in [0.25, 0.3) is 0 Å². The van der Waals surface area contributed by atoms with Gasteiger partial charge in [-0.2, -0.15) is 4.31 Å². The normalized spacial score (nSPS) is 16.1. The van der Waals surface area contributed by atoms with Gasteiger partial charge in [-0.25, -0.2) is 13.9 Å². The van der Waals surface area contributed by atoms with Gasteiger partial charge < -0.3 is 4.74 Å². The van der Waals surface area contributed by atoms with E-state index in [1.54, 1.807) is 42.1 Å². The van der Waals surface area contributed by atoms with Crippen LogP contribution in [0.1, 0.15) is 25.7 Å². The van der Waals surface area contributed by atoms with Crippen LogP contribution in [0.5, 0.6) is 11.5 Å². The maximum Gasteiger partial charge on any atom is 0.262 e. The SMILES string of the molecule is CN([C@@H](C(=O)NO)C1CCCC1)S(=O)(=O)c1ccc(Oc2ccncc2)cc1. The Morgan fingerprint density at radius 2 is 1.71 bits per heavy atom. The first-order chi connectivity index (χ1) is 13.4. The molecule has 1 saturated carbocycles. The van der Waals surface area contributed by atoms with Gasteiger partial charge in [0, 0.05) is 19.4 Å². The van der Waals surface area contributed by atoms with Gasteiger partial charge in [0.1, 0.15) is 17.5 Å². The molecule has 3 rings (SSSR count). The summed E-state index contributed by atoms with van der Waals surface area (Å²) in [5, 5.41) is 9.09. The molecule has 0 bridgehead atoms. The third kappa shape index (κ3) is 4.32. The minimum absolute atomic E-state index is 0.0471. The molecule has 2 N–H and O–H groups in total. The Morgan fingerprint density at radius 3 is 2.29 bits per heavy atom. The first-order valence-corrected chi connectivity index (χ1v) is 10.5. The molecule has 9 heteroatoms. The van der Waals surface area contributed by atoms with Crippen molar-refractivity contribution in [1.82, 2.24) is 14.8 Å². The number of likely N-dealkylation sites (N-methyl/N-ethyl adjacent to an activating group) is 1. The highest BCUT2D eigenvalue weighted by atomic mass is 32.2. The Balaban J connectivity index is 1.81. The van der Waals surface area contributed by atoms with Crippen LogP contribution in [0.15, 0.2) is 53.7 Å². The average Bonchev–Trinajstić information content (AvgIpc) is 3.23. The molecule has 150 valence electrons. The van der Waals surface area contributed by atoms with Crippen LogP contribution in [0.3, 0.4) is 0 Å².